The number of hydrogen-bond acceptors (Lipinski definition) is 2. The van der Waals surface area contributed by atoms with Gasteiger partial charge in [0.15, 0.2) is 0 Å². The number of pyridine rings is 1. The Morgan fingerprint density at radius 2 is 2.11 bits per heavy atom. The summed E-state index contributed by atoms with van der Waals surface area (Å²) >= 11 is 6.01. The van der Waals surface area contributed by atoms with Gasteiger partial charge in [0.2, 0.25) is 0 Å². The molecule has 18 heavy (non-hydrogen) atoms. The molecule has 0 amide bonds. The van der Waals surface area contributed by atoms with Crippen LogP contribution in [0.4, 0.5) is 4.39 Å². The fourth-order valence-electron chi connectivity index (χ4n) is 1.80. The highest BCUT2D eigenvalue weighted by Crippen LogP contribution is 2.25. The van der Waals surface area contributed by atoms with Crippen molar-refractivity contribution >= 4 is 11.6 Å². The summed E-state index contributed by atoms with van der Waals surface area (Å²) in [5.41, 5.74) is 7.65. The van der Waals surface area contributed by atoms with Gasteiger partial charge in [0.25, 0.3) is 0 Å². The van der Waals surface area contributed by atoms with Gasteiger partial charge >= 0.3 is 0 Å². The van der Waals surface area contributed by atoms with E-state index in [0.29, 0.717) is 17.0 Å². The Morgan fingerprint density at radius 1 is 1.28 bits per heavy atom. The zero-order valence-corrected chi connectivity index (χ0v) is 10.6. The fraction of sp³-hybridized carbons (Fsp3) is 0.214. The predicted molar refractivity (Wildman–Crippen MR) is 70.9 cm³/mol. The molecule has 1 atom stereocenters. The molecule has 0 aliphatic heterocycles. The van der Waals surface area contributed by atoms with Crippen LogP contribution in [0.5, 0.6) is 0 Å². The summed E-state index contributed by atoms with van der Waals surface area (Å²) in [6.45, 7) is 0. The highest BCUT2D eigenvalue weighted by molar-refractivity contribution is 6.31. The SMILES string of the molecule is NC(CCc1ccccn1)c1cc(F)ccc1Cl. The second-order valence-corrected chi connectivity index (χ2v) is 4.54. The van der Waals surface area contributed by atoms with Crippen molar-refractivity contribution in [1.82, 2.24) is 4.98 Å². The minimum absolute atomic E-state index is 0.282. The number of rotatable bonds is 4. The lowest BCUT2D eigenvalue weighted by molar-refractivity contribution is 0.607. The highest BCUT2D eigenvalue weighted by atomic mass is 35.5. The van der Waals surface area contributed by atoms with Crippen molar-refractivity contribution in [1.29, 1.82) is 0 Å². The van der Waals surface area contributed by atoms with Crippen LogP contribution in [0.25, 0.3) is 0 Å². The van der Waals surface area contributed by atoms with Crippen LogP contribution in [-0.4, -0.2) is 4.98 Å². The molecule has 94 valence electrons. The lowest BCUT2D eigenvalue weighted by atomic mass is 10.0. The predicted octanol–water partition coefficient (Wildman–Crippen LogP) is 3.51. The summed E-state index contributed by atoms with van der Waals surface area (Å²) in [6.07, 6.45) is 3.17. The van der Waals surface area contributed by atoms with Gasteiger partial charge in [-0.15, -0.1) is 0 Å². The topological polar surface area (TPSA) is 38.9 Å². The van der Waals surface area contributed by atoms with Gasteiger partial charge in [-0.25, -0.2) is 4.39 Å². The molecule has 2 nitrogen and oxygen atoms in total. The van der Waals surface area contributed by atoms with Crippen molar-refractivity contribution in [2.24, 2.45) is 5.73 Å². The van der Waals surface area contributed by atoms with Crippen LogP contribution in [0.3, 0.4) is 0 Å². The number of nitrogens with zero attached hydrogens (tertiary/aromatic N) is 1. The zero-order valence-electron chi connectivity index (χ0n) is 9.81. The molecular weight excluding hydrogens is 251 g/mol. The standard InChI is InChI=1S/C14H14ClFN2/c15-13-6-4-10(16)9-12(13)14(17)7-5-11-3-1-2-8-18-11/h1-4,6,8-9,14H,5,7,17H2. The average molecular weight is 265 g/mol. The second kappa shape index (κ2) is 5.94. The molecule has 1 heterocycles. The summed E-state index contributed by atoms with van der Waals surface area (Å²) in [7, 11) is 0. The third kappa shape index (κ3) is 3.28. The summed E-state index contributed by atoms with van der Waals surface area (Å²) in [5, 5.41) is 0.505. The van der Waals surface area contributed by atoms with E-state index in [2.05, 4.69) is 4.98 Å². The summed E-state index contributed by atoms with van der Waals surface area (Å²) in [4.78, 5) is 4.22. The molecule has 0 radical (unpaired) electrons. The van der Waals surface area contributed by atoms with Crippen molar-refractivity contribution in [3.8, 4) is 0 Å². The number of aryl methyl sites for hydroxylation is 1. The number of hydrogen-bond donors (Lipinski definition) is 1. The molecule has 0 fully saturated rings. The molecule has 0 saturated heterocycles. The summed E-state index contributed by atoms with van der Waals surface area (Å²) in [6, 6.07) is 9.72. The van der Waals surface area contributed by atoms with E-state index < -0.39 is 0 Å². The average Bonchev–Trinajstić information content (AvgIpc) is 2.40. The third-order valence-corrected chi connectivity index (χ3v) is 3.14. The molecule has 0 bridgehead atoms. The molecule has 2 rings (SSSR count). The van der Waals surface area contributed by atoms with Crippen molar-refractivity contribution in [3.05, 3.63) is 64.7 Å². The van der Waals surface area contributed by atoms with Gasteiger partial charge < -0.3 is 5.73 Å². The lowest BCUT2D eigenvalue weighted by Crippen LogP contribution is -2.12. The van der Waals surface area contributed by atoms with E-state index in [0.717, 1.165) is 12.1 Å². The Bertz CT molecular complexity index is 516. The van der Waals surface area contributed by atoms with E-state index in [1.165, 1.54) is 18.2 Å². The van der Waals surface area contributed by atoms with Gasteiger partial charge in [-0.05, 0) is 48.7 Å². The molecule has 0 spiro atoms. The highest BCUT2D eigenvalue weighted by Gasteiger charge is 2.11. The fourth-order valence-corrected chi connectivity index (χ4v) is 2.06. The summed E-state index contributed by atoms with van der Waals surface area (Å²) in [5.74, 6) is -0.317. The molecule has 2 N–H and O–H groups in total. The van der Waals surface area contributed by atoms with E-state index in [4.69, 9.17) is 17.3 Å². The summed E-state index contributed by atoms with van der Waals surface area (Å²) < 4.78 is 13.1. The van der Waals surface area contributed by atoms with Crippen LogP contribution < -0.4 is 5.73 Å². The Hall–Kier alpha value is -1.45. The van der Waals surface area contributed by atoms with E-state index >= 15 is 0 Å². The molecule has 1 aromatic carbocycles. The molecule has 2 aromatic rings. The van der Waals surface area contributed by atoms with Gasteiger partial charge in [0, 0.05) is 23.0 Å². The van der Waals surface area contributed by atoms with E-state index in [9.17, 15) is 4.39 Å². The van der Waals surface area contributed by atoms with Crippen LogP contribution in [0, 0.1) is 5.82 Å². The van der Waals surface area contributed by atoms with Crippen LogP contribution in [0.2, 0.25) is 5.02 Å². The van der Waals surface area contributed by atoms with E-state index in [1.54, 1.807) is 6.20 Å². The van der Waals surface area contributed by atoms with E-state index in [-0.39, 0.29) is 11.9 Å². The first kappa shape index (κ1) is 13.0. The maximum absolute atomic E-state index is 13.1. The third-order valence-electron chi connectivity index (χ3n) is 2.80. The van der Waals surface area contributed by atoms with Crippen molar-refractivity contribution in [3.63, 3.8) is 0 Å². The van der Waals surface area contributed by atoms with Crippen molar-refractivity contribution in [2.75, 3.05) is 0 Å². The monoisotopic (exact) mass is 264 g/mol. The normalized spacial score (nSPS) is 12.4. The minimum atomic E-state index is -0.317. The number of nitrogens with two attached hydrogens (primary N) is 1. The minimum Gasteiger partial charge on any atom is -0.324 e. The maximum atomic E-state index is 13.1. The Kier molecular flexibility index (Phi) is 4.28. The van der Waals surface area contributed by atoms with Gasteiger partial charge in [-0.1, -0.05) is 17.7 Å². The molecule has 0 saturated carbocycles. The van der Waals surface area contributed by atoms with Gasteiger partial charge in [-0.2, -0.15) is 0 Å². The maximum Gasteiger partial charge on any atom is 0.123 e. The zero-order chi connectivity index (χ0) is 13.0. The van der Waals surface area contributed by atoms with Crippen LogP contribution in [0.1, 0.15) is 23.7 Å². The van der Waals surface area contributed by atoms with Gasteiger partial charge in [-0.3, -0.25) is 4.98 Å². The first-order valence-corrected chi connectivity index (χ1v) is 6.15. The van der Waals surface area contributed by atoms with Gasteiger partial charge in [0.1, 0.15) is 5.82 Å². The van der Waals surface area contributed by atoms with Crippen molar-refractivity contribution < 1.29 is 4.39 Å². The second-order valence-electron chi connectivity index (χ2n) is 4.13. The van der Waals surface area contributed by atoms with Crippen LogP contribution in [0.15, 0.2) is 42.6 Å². The lowest BCUT2D eigenvalue weighted by Gasteiger charge is -2.13. The molecule has 1 unspecified atom stereocenters. The first-order chi connectivity index (χ1) is 8.66. The van der Waals surface area contributed by atoms with Gasteiger partial charge in [0.05, 0.1) is 0 Å². The van der Waals surface area contributed by atoms with Crippen molar-refractivity contribution in [2.45, 2.75) is 18.9 Å². The smallest absolute Gasteiger partial charge is 0.123 e. The van der Waals surface area contributed by atoms with Crippen LogP contribution in [-0.2, 0) is 6.42 Å². The Morgan fingerprint density at radius 3 is 2.83 bits per heavy atom. The Balaban J connectivity index is 2.03. The molecule has 0 aliphatic rings. The largest absolute Gasteiger partial charge is 0.324 e. The first-order valence-electron chi connectivity index (χ1n) is 5.77. The quantitative estimate of drug-likeness (QED) is 0.918. The molecule has 4 heteroatoms. The Labute approximate surface area is 111 Å². The van der Waals surface area contributed by atoms with E-state index in [1.807, 2.05) is 18.2 Å². The molecule has 0 aliphatic carbocycles. The number of benzene rings is 1. The van der Waals surface area contributed by atoms with Crippen LogP contribution >= 0.6 is 11.6 Å². The molecule has 1 aromatic heterocycles. The number of aromatic nitrogens is 1. The molecular formula is C14H14ClFN2. The number of halogens is 2.